The molecule has 2 aliphatic rings. The number of halogens is 1. The summed E-state index contributed by atoms with van der Waals surface area (Å²) in [5.41, 5.74) is 5.32. The number of thiophene rings is 1. The highest BCUT2D eigenvalue weighted by Gasteiger charge is 2.25. The minimum absolute atomic E-state index is 0.553. The normalized spacial score (nSPS) is 26.2. The lowest BCUT2D eigenvalue weighted by atomic mass is 9.94. The van der Waals surface area contributed by atoms with E-state index in [1.165, 1.54) is 35.2 Å². The first-order chi connectivity index (χ1) is 8.72. The molecule has 0 spiro atoms. The summed E-state index contributed by atoms with van der Waals surface area (Å²) < 4.78 is 1.43. The van der Waals surface area contributed by atoms with Crippen LogP contribution in [0, 0.1) is 2.88 Å². The van der Waals surface area contributed by atoms with Crippen molar-refractivity contribution < 1.29 is 0 Å². The van der Waals surface area contributed by atoms with E-state index in [1.54, 1.807) is 10.4 Å². The second-order valence-corrected chi connectivity index (χ2v) is 8.32. The molecule has 1 atom stereocenters. The van der Waals surface area contributed by atoms with Crippen LogP contribution in [0.5, 0.6) is 0 Å². The molecule has 0 aromatic carbocycles. The fraction of sp³-hybridized carbons (Fsp3) is 0.692. The van der Waals surface area contributed by atoms with Crippen LogP contribution in [-0.4, -0.2) is 43.1 Å². The first-order valence-corrected chi connectivity index (χ1v) is 8.59. The van der Waals surface area contributed by atoms with E-state index in [9.17, 15) is 0 Å². The highest BCUT2D eigenvalue weighted by Crippen LogP contribution is 2.36. The van der Waals surface area contributed by atoms with Gasteiger partial charge in [0.1, 0.15) is 0 Å². The summed E-state index contributed by atoms with van der Waals surface area (Å²) in [5, 5.41) is 2.42. The van der Waals surface area contributed by atoms with Crippen molar-refractivity contribution in [2.45, 2.75) is 25.3 Å². The van der Waals surface area contributed by atoms with Crippen LogP contribution in [0.25, 0.3) is 0 Å². The van der Waals surface area contributed by atoms with Crippen LogP contribution < -0.4 is 5.43 Å². The largest absolute Gasteiger partial charge is 0.304 e. The molecule has 0 radical (unpaired) electrons. The van der Waals surface area contributed by atoms with Crippen molar-refractivity contribution >= 4 is 33.9 Å². The topological polar surface area (TPSA) is 18.5 Å². The number of piperazine rings is 1. The molecule has 18 heavy (non-hydrogen) atoms. The van der Waals surface area contributed by atoms with Crippen molar-refractivity contribution in [2.24, 2.45) is 0 Å². The number of likely N-dealkylation sites (N-methyl/N-ethyl adjacent to an activating group) is 1. The molecule has 3 rings (SSSR count). The first-order valence-electron chi connectivity index (χ1n) is 6.70. The Morgan fingerprint density at radius 2 is 2.11 bits per heavy atom. The third-order valence-electron chi connectivity index (χ3n) is 3.93. The van der Waals surface area contributed by atoms with Gasteiger partial charge in [-0.05, 0) is 60.5 Å². The summed E-state index contributed by atoms with van der Waals surface area (Å²) in [7, 11) is 2.21. The maximum absolute atomic E-state index is 3.76. The molecule has 2 heterocycles. The highest BCUT2D eigenvalue weighted by molar-refractivity contribution is 14.1. The lowest BCUT2D eigenvalue weighted by molar-refractivity contribution is 0.0830. The Morgan fingerprint density at radius 3 is 2.89 bits per heavy atom. The number of rotatable bonds is 2. The molecular formula is C13H20IN3S. The van der Waals surface area contributed by atoms with Gasteiger partial charge in [0.15, 0.2) is 0 Å². The number of nitrogens with zero attached hydrogens (tertiary/aromatic N) is 2. The molecule has 1 N–H and O–H groups in total. The molecule has 1 unspecified atom stereocenters. The summed E-state index contributed by atoms with van der Waals surface area (Å²) in [5.74, 6) is 0. The Balaban J connectivity index is 1.67. The van der Waals surface area contributed by atoms with Crippen molar-refractivity contribution in [2.75, 3.05) is 33.2 Å². The van der Waals surface area contributed by atoms with Gasteiger partial charge in [-0.2, -0.15) is 0 Å². The average Bonchev–Trinajstić information content (AvgIpc) is 2.73. The zero-order valence-electron chi connectivity index (χ0n) is 10.8. The van der Waals surface area contributed by atoms with Gasteiger partial charge < -0.3 is 4.90 Å². The quantitative estimate of drug-likeness (QED) is 0.799. The van der Waals surface area contributed by atoms with Crippen LogP contribution in [0.4, 0.5) is 0 Å². The molecule has 1 aliphatic carbocycles. The second-order valence-electron chi connectivity index (χ2n) is 5.29. The molecule has 0 saturated carbocycles. The molecule has 100 valence electrons. The van der Waals surface area contributed by atoms with Gasteiger partial charge in [-0.15, -0.1) is 11.3 Å². The molecule has 1 saturated heterocycles. The number of hydrogen-bond acceptors (Lipinski definition) is 4. The van der Waals surface area contributed by atoms with Crippen molar-refractivity contribution in [1.29, 1.82) is 0 Å². The fourth-order valence-corrected chi connectivity index (χ4v) is 4.93. The van der Waals surface area contributed by atoms with Gasteiger partial charge in [0, 0.05) is 37.1 Å². The third kappa shape index (κ3) is 2.90. The molecule has 0 amide bonds. The molecule has 3 nitrogen and oxygen atoms in total. The molecule has 1 fully saturated rings. The Labute approximate surface area is 127 Å². The van der Waals surface area contributed by atoms with Crippen LogP contribution in [0.15, 0.2) is 6.07 Å². The van der Waals surface area contributed by atoms with E-state index in [2.05, 4.69) is 51.0 Å². The molecule has 5 heteroatoms. The van der Waals surface area contributed by atoms with Gasteiger partial charge in [0.2, 0.25) is 0 Å². The maximum atomic E-state index is 3.76. The molecule has 1 aromatic rings. The third-order valence-corrected chi connectivity index (χ3v) is 5.90. The summed E-state index contributed by atoms with van der Waals surface area (Å²) in [6.07, 6.45) is 3.89. The number of aryl methyl sites for hydroxylation is 1. The van der Waals surface area contributed by atoms with Crippen LogP contribution in [-0.2, 0) is 6.42 Å². The van der Waals surface area contributed by atoms with E-state index in [-0.39, 0.29) is 0 Å². The van der Waals surface area contributed by atoms with Gasteiger partial charge in [0.25, 0.3) is 0 Å². The van der Waals surface area contributed by atoms with Crippen molar-refractivity contribution in [3.8, 4) is 0 Å². The zero-order chi connectivity index (χ0) is 12.5. The highest BCUT2D eigenvalue weighted by atomic mass is 127. The van der Waals surface area contributed by atoms with Crippen molar-refractivity contribution in [1.82, 2.24) is 15.3 Å². The lowest BCUT2D eigenvalue weighted by Crippen LogP contribution is -2.51. The minimum Gasteiger partial charge on any atom is -0.304 e. The minimum atomic E-state index is 0.553. The van der Waals surface area contributed by atoms with Crippen molar-refractivity contribution in [3.63, 3.8) is 0 Å². The first kappa shape index (κ1) is 13.3. The van der Waals surface area contributed by atoms with Gasteiger partial charge >= 0.3 is 0 Å². The molecular weight excluding hydrogens is 357 g/mol. The number of nitrogens with one attached hydrogen (secondary N) is 1. The predicted molar refractivity (Wildman–Crippen MR) is 84.9 cm³/mol. The van der Waals surface area contributed by atoms with E-state index >= 15 is 0 Å². The Hall–Kier alpha value is 0.310. The SMILES string of the molecule is CN1CCN(NC2CCCc3sc(I)cc32)CC1. The van der Waals surface area contributed by atoms with E-state index in [4.69, 9.17) is 0 Å². The van der Waals surface area contributed by atoms with E-state index < -0.39 is 0 Å². The maximum Gasteiger partial charge on any atom is 0.0659 e. The summed E-state index contributed by atoms with van der Waals surface area (Å²) in [4.78, 5) is 4.01. The van der Waals surface area contributed by atoms with Crippen LogP contribution >= 0.6 is 33.9 Å². The van der Waals surface area contributed by atoms with E-state index in [0.29, 0.717) is 6.04 Å². The second kappa shape index (κ2) is 5.75. The van der Waals surface area contributed by atoms with E-state index in [1.807, 2.05) is 11.3 Å². The predicted octanol–water partition coefficient (Wildman–Crippen LogP) is 2.48. The van der Waals surface area contributed by atoms with Crippen LogP contribution in [0.3, 0.4) is 0 Å². The monoisotopic (exact) mass is 377 g/mol. The van der Waals surface area contributed by atoms with Gasteiger partial charge in [-0.3, -0.25) is 0 Å². The Morgan fingerprint density at radius 1 is 1.33 bits per heavy atom. The number of fused-ring (bicyclic) bond motifs is 1. The van der Waals surface area contributed by atoms with Gasteiger partial charge in [0.05, 0.1) is 2.88 Å². The molecule has 1 aromatic heterocycles. The van der Waals surface area contributed by atoms with Crippen LogP contribution in [0.2, 0.25) is 0 Å². The zero-order valence-corrected chi connectivity index (χ0v) is 13.8. The number of hydrazine groups is 1. The lowest BCUT2D eigenvalue weighted by Gasteiger charge is -2.36. The van der Waals surface area contributed by atoms with Crippen molar-refractivity contribution in [3.05, 3.63) is 19.4 Å². The molecule has 1 aliphatic heterocycles. The fourth-order valence-electron chi connectivity index (χ4n) is 2.81. The smallest absolute Gasteiger partial charge is 0.0659 e. The standard InChI is InChI=1S/C13H20IN3S/c1-16-5-7-17(8-6-16)15-11-3-2-4-12-10(11)9-13(14)18-12/h9,11,15H,2-8H2,1H3. The van der Waals surface area contributed by atoms with Gasteiger partial charge in [-0.25, -0.2) is 10.4 Å². The summed E-state index contributed by atoms with van der Waals surface area (Å²) in [6, 6.07) is 2.94. The molecule has 0 bridgehead atoms. The van der Waals surface area contributed by atoms with Gasteiger partial charge in [-0.1, -0.05) is 0 Å². The van der Waals surface area contributed by atoms with Crippen LogP contribution in [0.1, 0.15) is 29.3 Å². The Bertz CT molecular complexity index is 412. The average molecular weight is 377 g/mol. The van der Waals surface area contributed by atoms with E-state index in [0.717, 1.165) is 13.1 Å². The Kier molecular flexibility index (Phi) is 4.25. The number of hydrogen-bond donors (Lipinski definition) is 1. The summed E-state index contributed by atoms with van der Waals surface area (Å²) >= 11 is 4.43. The summed E-state index contributed by atoms with van der Waals surface area (Å²) in [6.45, 7) is 4.63.